The van der Waals surface area contributed by atoms with Crippen LogP contribution in [0, 0.1) is 11.3 Å². The average molecular weight is 182 g/mol. The summed E-state index contributed by atoms with van der Waals surface area (Å²) >= 11 is 0. The Labute approximate surface area is 80.0 Å². The molecule has 1 unspecified atom stereocenters. The lowest BCUT2D eigenvalue weighted by molar-refractivity contribution is -0.0112. The van der Waals surface area contributed by atoms with Gasteiger partial charge in [0.15, 0.2) is 0 Å². The van der Waals surface area contributed by atoms with Gasteiger partial charge in [0.05, 0.1) is 17.7 Å². The van der Waals surface area contributed by atoms with Crippen LogP contribution in [-0.4, -0.2) is 34.7 Å². The molecular weight excluding hydrogens is 164 g/mol. The van der Waals surface area contributed by atoms with Crippen LogP contribution in [0.1, 0.15) is 33.1 Å². The molecule has 0 spiro atoms. The molecule has 3 heteroatoms. The maximum atomic E-state index is 9.71. The highest BCUT2D eigenvalue weighted by Gasteiger charge is 2.29. The van der Waals surface area contributed by atoms with E-state index in [1.165, 1.54) is 0 Å². The molecule has 1 saturated heterocycles. The molecule has 1 atom stereocenters. The van der Waals surface area contributed by atoms with E-state index in [4.69, 9.17) is 5.26 Å². The fourth-order valence-corrected chi connectivity index (χ4v) is 1.75. The monoisotopic (exact) mass is 182 g/mol. The summed E-state index contributed by atoms with van der Waals surface area (Å²) in [7, 11) is 0. The molecule has 1 aliphatic heterocycles. The zero-order valence-corrected chi connectivity index (χ0v) is 8.45. The molecule has 1 fully saturated rings. The molecule has 0 aliphatic carbocycles. The Balaban J connectivity index is 2.45. The first-order chi connectivity index (χ1) is 6.09. The quantitative estimate of drug-likeness (QED) is 0.696. The van der Waals surface area contributed by atoms with Crippen LogP contribution in [0.25, 0.3) is 0 Å². The van der Waals surface area contributed by atoms with Gasteiger partial charge in [-0.2, -0.15) is 5.26 Å². The fourth-order valence-electron chi connectivity index (χ4n) is 1.75. The Morgan fingerprint density at radius 2 is 2.08 bits per heavy atom. The zero-order valence-electron chi connectivity index (χ0n) is 8.45. The molecule has 0 aromatic heterocycles. The number of hydrogen-bond donors (Lipinski definition) is 1. The minimum atomic E-state index is -0.510. The van der Waals surface area contributed by atoms with Gasteiger partial charge in [0.1, 0.15) is 0 Å². The third kappa shape index (κ3) is 2.68. The second-order valence-corrected chi connectivity index (χ2v) is 4.09. The van der Waals surface area contributed by atoms with Crippen LogP contribution in [0.3, 0.4) is 0 Å². The number of piperidine rings is 1. The van der Waals surface area contributed by atoms with Crippen LogP contribution < -0.4 is 0 Å². The molecule has 0 aromatic rings. The number of hydrogen-bond acceptors (Lipinski definition) is 3. The Kier molecular flexibility index (Phi) is 3.29. The normalized spacial score (nSPS) is 25.1. The van der Waals surface area contributed by atoms with Crippen molar-refractivity contribution >= 4 is 0 Å². The van der Waals surface area contributed by atoms with E-state index in [0.717, 1.165) is 32.4 Å². The van der Waals surface area contributed by atoms with Gasteiger partial charge in [-0.25, -0.2) is 0 Å². The first kappa shape index (κ1) is 10.5. The summed E-state index contributed by atoms with van der Waals surface area (Å²) in [6.07, 6.45) is 2.44. The highest BCUT2D eigenvalue weighted by molar-refractivity contribution is 4.94. The van der Waals surface area contributed by atoms with Crippen molar-refractivity contribution in [3.63, 3.8) is 0 Å². The van der Waals surface area contributed by atoms with Crippen LogP contribution in [-0.2, 0) is 0 Å². The molecule has 1 rings (SSSR count). The Morgan fingerprint density at radius 3 is 2.46 bits per heavy atom. The maximum Gasteiger partial charge on any atom is 0.0975 e. The molecule has 1 heterocycles. The first-order valence-corrected chi connectivity index (χ1v) is 4.95. The highest BCUT2D eigenvalue weighted by atomic mass is 16.3. The lowest BCUT2D eigenvalue weighted by Crippen LogP contribution is -2.46. The van der Waals surface area contributed by atoms with E-state index >= 15 is 0 Å². The predicted octanol–water partition coefficient (Wildman–Crippen LogP) is 1.14. The number of aliphatic hydroxyl groups is 1. The van der Waals surface area contributed by atoms with Crippen molar-refractivity contribution in [3.05, 3.63) is 0 Å². The van der Waals surface area contributed by atoms with Gasteiger partial charge in [0.2, 0.25) is 0 Å². The molecule has 1 N–H and O–H groups in total. The minimum absolute atomic E-state index is 0.0381. The van der Waals surface area contributed by atoms with E-state index in [1.807, 2.05) is 13.8 Å². The summed E-state index contributed by atoms with van der Waals surface area (Å²) in [6.45, 7) is 5.59. The van der Waals surface area contributed by atoms with Gasteiger partial charge in [0.25, 0.3) is 0 Å². The molecular formula is C10H18N2O. The average Bonchev–Trinajstić information content (AvgIpc) is 2.09. The number of rotatable bonds is 2. The maximum absolute atomic E-state index is 9.71. The molecule has 74 valence electrons. The predicted molar refractivity (Wildman–Crippen MR) is 51.1 cm³/mol. The topological polar surface area (TPSA) is 47.3 Å². The van der Waals surface area contributed by atoms with Gasteiger partial charge < -0.3 is 5.11 Å². The molecule has 0 amide bonds. The van der Waals surface area contributed by atoms with Crippen molar-refractivity contribution in [3.8, 4) is 6.07 Å². The van der Waals surface area contributed by atoms with Crippen molar-refractivity contribution in [2.24, 2.45) is 0 Å². The lowest BCUT2D eigenvalue weighted by atomic mass is 9.93. The van der Waals surface area contributed by atoms with E-state index in [-0.39, 0.29) is 6.04 Å². The molecule has 3 nitrogen and oxygen atoms in total. The Bertz CT molecular complexity index is 197. The van der Waals surface area contributed by atoms with Gasteiger partial charge in [-0.1, -0.05) is 6.92 Å². The van der Waals surface area contributed by atoms with E-state index in [9.17, 15) is 5.11 Å². The Hall–Kier alpha value is -0.590. The third-order valence-corrected chi connectivity index (χ3v) is 2.85. The second-order valence-electron chi connectivity index (χ2n) is 4.09. The minimum Gasteiger partial charge on any atom is -0.390 e. The van der Waals surface area contributed by atoms with Crippen molar-refractivity contribution in [1.29, 1.82) is 5.26 Å². The number of nitrogens with zero attached hydrogens (tertiary/aromatic N) is 2. The molecule has 13 heavy (non-hydrogen) atoms. The summed E-state index contributed by atoms with van der Waals surface area (Å²) in [5.41, 5.74) is -0.510. The largest absolute Gasteiger partial charge is 0.390 e. The number of likely N-dealkylation sites (tertiary alicyclic amines) is 1. The van der Waals surface area contributed by atoms with Gasteiger partial charge in [-0.05, 0) is 26.2 Å². The standard InChI is InChI=1S/C10H18N2O/c1-3-9(8-11)12-6-4-10(2,13)5-7-12/h9,13H,3-7H2,1-2H3. The molecule has 0 aromatic carbocycles. The van der Waals surface area contributed by atoms with Crippen LogP contribution in [0.15, 0.2) is 0 Å². The van der Waals surface area contributed by atoms with Gasteiger partial charge in [0, 0.05) is 13.1 Å². The lowest BCUT2D eigenvalue weighted by Gasteiger charge is -2.37. The van der Waals surface area contributed by atoms with Crippen molar-refractivity contribution in [2.45, 2.75) is 44.8 Å². The molecule has 1 aliphatic rings. The van der Waals surface area contributed by atoms with Gasteiger partial charge in [-0.15, -0.1) is 0 Å². The summed E-state index contributed by atoms with van der Waals surface area (Å²) in [5, 5.41) is 18.6. The van der Waals surface area contributed by atoms with Gasteiger partial charge in [-0.3, -0.25) is 4.90 Å². The zero-order chi connectivity index (χ0) is 9.90. The molecule has 0 bridgehead atoms. The van der Waals surface area contributed by atoms with Crippen LogP contribution in [0.5, 0.6) is 0 Å². The molecule has 0 saturated carbocycles. The van der Waals surface area contributed by atoms with Crippen molar-refractivity contribution in [2.75, 3.05) is 13.1 Å². The molecule has 0 radical (unpaired) electrons. The summed E-state index contributed by atoms with van der Waals surface area (Å²) in [5.74, 6) is 0. The van der Waals surface area contributed by atoms with Crippen molar-refractivity contribution < 1.29 is 5.11 Å². The third-order valence-electron chi connectivity index (χ3n) is 2.85. The van der Waals surface area contributed by atoms with E-state index in [0.29, 0.717) is 0 Å². The number of nitriles is 1. The second kappa shape index (κ2) is 4.08. The summed E-state index contributed by atoms with van der Waals surface area (Å²) in [4.78, 5) is 2.16. The highest BCUT2D eigenvalue weighted by Crippen LogP contribution is 2.22. The summed E-state index contributed by atoms with van der Waals surface area (Å²) in [6, 6.07) is 2.33. The van der Waals surface area contributed by atoms with Crippen LogP contribution in [0.2, 0.25) is 0 Å². The van der Waals surface area contributed by atoms with Crippen LogP contribution in [0.4, 0.5) is 0 Å². The van der Waals surface area contributed by atoms with E-state index in [2.05, 4.69) is 11.0 Å². The Morgan fingerprint density at radius 1 is 1.54 bits per heavy atom. The van der Waals surface area contributed by atoms with Crippen LogP contribution >= 0.6 is 0 Å². The fraction of sp³-hybridized carbons (Fsp3) is 0.900. The first-order valence-electron chi connectivity index (χ1n) is 4.95. The van der Waals surface area contributed by atoms with Crippen molar-refractivity contribution in [1.82, 2.24) is 4.90 Å². The smallest absolute Gasteiger partial charge is 0.0975 e. The van der Waals surface area contributed by atoms with E-state index < -0.39 is 5.60 Å². The summed E-state index contributed by atoms with van der Waals surface area (Å²) < 4.78 is 0. The van der Waals surface area contributed by atoms with E-state index in [1.54, 1.807) is 0 Å². The van der Waals surface area contributed by atoms with Gasteiger partial charge >= 0.3 is 0 Å². The SMILES string of the molecule is CCC(C#N)N1CCC(C)(O)CC1.